The van der Waals surface area contributed by atoms with Crippen molar-refractivity contribution in [2.45, 2.75) is 36.0 Å². The maximum Gasteiger partial charge on any atom is 0.321 e. The van der Waals surface area contributed by atoms with Crippen molar-refractivity contribution in [2.75, 3.05) is 0 Å². The van der Waals surface area contributed by atoms with Crippen molar-refractivity contribution < 1.29 is 15.1 Å². The molecule has 0 aliphatic rings. The van der Waals surface area contributed by atoms with Crippen LogP contribution in [0.25, 0.3) is 0 Å². The third-order valence-corrected chi connectivity index (χ3v) is 4.29. The maximum absolute atomic E-state index is 10.6. The highest BCUT2D eigenvalue weighted by Crippen LogP contribution is 2.35. The Balaban J connectivity index is 5.02. The van der Waals surface area contributed by atoms with Crippen LogP contribution in [0.4, 0.5) is 0 Å². The molecule has 2 unspecified atom stereocenters. The molecular weight excluding hydrogens is 277 g/mol. The summed E-state index contributed by atoms with van der Waals surface area (Å²) in [4.78, 5) is 9.92. The molecule has 0 aromatic heterocycles. The predicted octanol–water partition coefficient (Wildman–Crippen LogP) is 0.546. The van der Waals surface area contributed by atoms with E-state index in [1.54, 1.807) is 0 Å². The number of nitro groups is 1. The van der Waals surface area contributed by atoms with E-state index in [4.69, 9.17) is 5.11 Å². The molecule has 2 N–H and O–H groups in total. The van der Waals surface area contributed by atoms with Gasteiger partial charge in [-0.3, -0.25) is 10.1 Å². The second kappa shape index (κ2) is 3.43. The molecule has 0 saturated heterocycles. The quantitative estimate of drug-likeness (QED) is 0.261. The van der Waals surface area contributed by atoms with E-state index in [9.17, 15) is 15.2 Å². The van der Waals surface area contributed by atoms with Crippen LogP contribution >= 0.6 is 22.6 Å². The Morgan fingerprint density at radius 3 is 1.92 bits per heavy atom. The van der Waals surface area contributed by atoms with E-state index >= 15 is 0 Å². The number of aliphatic hydroxyl groups excluding tert-OH is 1. The van der Waals surface area contributed by atoms with Crippen LogP contribution in [0.5, 0.6) is 0 Å². The lowest BCUT2D eigenvalue weighted by molar-refractivity contribution is -0.563. The second-order valence-electron chi connectivity index (χ2n) is 3.17. The number of nitrogens with zero attached hydrogens (tertiary/aromatic N) is 1. The van der Waals surface area contributed by atoms with Crippen molar-refractivity contribution in [1.82, 2.24) is 0 Å². The predicted molar refractivity (Wildman–Crippen MR) is 51.7 cm³/mol. The first-order valence-corrected chi connectivity index (χ1v) is 4.45. The van der Waals surface area contributed by atoms with Gasteiger partial charge in [-0.25, -0.2) is 0 Å². The molecule has 0 heterocycles. The van der Waals surface area contributed by atoms with Crippen molar-refractivity contribution in [2.24, 2.45) is 0 Å². The number of hydrogen-bond donors (Lipinski definition) is 2. The number of alkyl halides is 1. The van der Waals surface area contributed by atoms with Gasteiger partial charge >= 0.3 is 3.55 Å². The van der Waals surface area contributed by atoms with Crippen molar-refractivity contribution in [1.29, 1.82) is 0 Å². The van der Waals surface area contributed by atoms with Crippen LogP contribution in [0, 0.1) is 10.1 Å². The topological polar surface area (TPSA) is 83.6 Å². The summed E-state index contributed by atoms with van der Waals surface area (Å²) in [5.41, 5.74) is -1.56. The molecule has 0 saturated carbocycles. The molecular formula is C6H12INO4. The van der Waals surface area contributed by atoms with Gasteiger partial charge in [0.2, 0.25) is 0 Å². The zero-order chi connectivity index (χ0) is 10.2. The van der Waals surface area contributed by atoms with Crippen LogP contribution < -0.4 is 0 Å². The highest BCUT2D eigenvalue weighted by Gasteiger charge is 2.57. The van der Waals surface area contributed by atoms with Gasteiger partial charge in [-0.05, 0) is 20.8 Å². The molecule has 0 aromatic carbocycles. The Hall–Kier alpha value is 0.0500. The molecule has 72 valence electrons. The zero-order valence-corrected chi connectivity index (χ0v) is 9.27. The summed E-state index contributed by atoms with van der Waals surface area (Å²) < 4.78 is -1.76. The van der Waals surface area contributed by atoms with Crippen molar-refractivity contribution in [3.63, 3.8) is 0 Å². The van der Waals surface area contributed by atoms with E-state index in [0.29, 0.717) is 0 Å². The monoisotopic (exact) mass is 289 g/mol. The molecule has 0 aliphatic carbocycles. The lowest BCUT2D eigenvalue weighted by Gasteiger charge is -2.32. The molecule has 6 heteroatoms. The summed E-state index contributed by atoms with van der Waals surface area (Å²) in [5.74, 6) is 0. The maximum atomic E-state index is 10.6. The van der Waals surface area contributed by atoms with Crippen LogP contribution in [0.15, 0.2) is 0 Å². The minimum atomic E-state index is -1.76. The molecule has 0 amide bonds. The van der Waals surface area contributed by atoms with Gasteiger partial charge in [-0.1, -0.05) is 0 Å². The zero-order valence-electron chi connectivity index (χ0n) is 7.11. The SMILES string of the molecule is CC(O)C(I)([N+](=O)[O-])C(C)(C)O. The largest absolute Gasteiger partial charge is 0.385 e. The number of hydrogen-bond acceptors (Lipinski definition) is 4. The average molecular weight is 289 g/mol. The Kier molecular flexibility index (Phi) is 3.44. The third kappa shape index (κ3) is 1.86. The van der Waals surface area contributed by atoms with Gasteiger partial charge in [0.1, 0.15) is 11.7 Å². The van der Waals surface area contributed by atoms with E-state index in [1.165, 1.54) is 43.4 Å². The van der Waals surface area contributed by atoms with Crippen molar-refractivity contribution in [3.8, 4) is 0 Å². The van der Waals surface area contributed by atoms with Crippen LogP contribution in [0.3, 0.4) is 0 Å². The van der Waals surface area contributed by atoms with Crippen molar-refractivity contribution in [3.05, 3.63) is 10.1 Å². The van der Waals surface area contributed by atoms with Gasteiger partial charge in [0, 0.05) is 27.5 Å². The lowest BCUT2D eigenvalue weighted by atomic mass is 9.95. The molecule has 0 fully saturated rings. The first kappa shape index (κ1) is 12.0. The Bertz CT molecular complexity index is 188. The highest BCUT2D eigenvalue weighted by atomic mass is 127. The third-order valence-electron chi connectivity index (χ3n) is 1.68. The Morgan fingerprint density at radius 1 is 1.58 bits per heavy atom. The normalized spacial score (nSPS) is 19.8. The molecule has 0 bridgehead atoms. The fraction of sp³-hybridized carbons (Fsp3) is 1.00. The number of aliphatic hydroxyl groups is 2. The van der Waals surface area contributed by atoms with Gasteiger partial charge in [0.25, 0.3) is 0 Å². The van der Waals surface area contributed by atoms with Gasteiger partial charge < -0.3 is 10.2 Å². The summed E-state index contributed by atoms with van der Waals surface area (Å²) in [6.45, 7) is 3.89. The molecule has 0 spiro atoms. The van der Waals surface area contributed by atoms with E-state index in [-0.39, 0.29) is 0 Å². The summed E-state index contributed by atoms with van der Waals surface area (Å²) in [6.07, 6.45) is -1.21. The molecule has 5 nitrogen and oxygen atoms in total. The lowest BCUT2D eigenvalue weighted by Crippen LogP contribution is -2.57. The first-order valence-electron chi connectivity index (χ1n) is 3.38. The fourth-order valence-electron chi connectivity index (χ4n) is 0.887. The van der Waals surface area contributed by atoms with Gasteiger partial charge in [0.05, 0.1) is 0 Å². The van der Waals surface area contributed by atoms with Gasteiger partial charge in [0.15, 0.2) is 0 Å². The summed E-state index contributed by atoms with van der Waals surface area (Å²) >= 11 is 1.46. The van der Waals surface area contributed by atoms with Crippen LogP contribution in [-0.4, -0.2) is 30.4 Å². The molecule has 0 aliphatic heterocycles. The van der Waals surface area contributed by atoms with Crippen LogP contribution in [-0.2, 0) is 0 Å². The van der Waals surface area contributed by atoms with Gasteiger partial charge in [-0.2, -0.15) is 0 Å². The Labute approximate surface area is 84.1 Å². The molecule has 0 radical (unpaired) electrons. The van der Waals surface area contributed by atoms with E-state index in [1.807, 2.05) is 0 Å². The first-order chi connectivity index (χ1) is 5.14. The smallest absolute Gasteiger partial charge is 0.321 e. The minimum absolute atomic E-state index is 0.668. The molecule has 0 rings (SSSR count). The average Bonchev–Trinajstić information content (AvgIpc) is 1.82. The van der Waals surface area contributed by atoms with E-state index < -0.39 is 20.2 Å². The van der Waals surface area contributed by atoms with Gasteiger partial charge in [-0.15, -0.1) is 0 Å². The number of rotatable bonds is 3. The fourth-order valence-corrected chi connectivity index (χ4v) is 0.887. The molecule has 12 heavy (non-hydrogen) atoms. The summed E-state index contributed by atoms with van der Waals surface area (Å²) in [7, 11) is 0. The second-order valence-corrected chi connectivity index (χ2v) is 4.81. The van der Waals surface area contributed by atoms with Crippen LogP contribution in [0.2, 0.25) is 0 Å². The van der Waals surface area contributed by atoms with E-state index in [0.717, 1.165) is 0 Å². The Morgan fingerprint density at radius 2 is 1.92 bits per heavy atom. The number of halogens is 1. The minimum Gasteiger partial charge on any atom is -0.385 e. The van der Waals surface area contributed by atoms with Crippen molar-refractivity contribution >= 4 is 22.6 Å². The molecule has 2 atom stereocenters. The standard InChI is InChI=1S/C6H12INO4/c1-4(9)6(7,8(11)12)5(2,3)10/h4,9-10H,1-3H3. The highest BCUT2D eigenvalue weighted by molar-refractivity contribution is 14.1. The summed E-state index contributed by atoms with van der Waals surface area (Å²) in [5, 5.41) is 29.2. The molecule has 0 aromatic rings. The van der Waals surface area contributed by atoms with E-state index in [2.05, 4.69) is 0 Å². The summed E-state index contributed by atoms with van der Waals surface area (Å²) in [6, 6.07) is 0. The van der Waals surface area contributed by atoms with Crippen LogP contribution in [0.1, 0.15) is 20.8 Å².